The second kappa shape index (κ2) is 8.29. The number of nitrogens with zero attached hydrogens (tertiary/aromatic N) is 1. The van der Waals surface area contributed by atoms with E-state index in [0.717, 1.165) is 30.1 Å². The van der Waals surface area contributed by atoms with E-state index in [-0.39, 0.29) is 17.2 Å². The Morgan fingerprint density at radius 2 is 1.97 bits per heavy atom. The highest BCUT2D eigenvalue weighted by atomic mass is 16.6. The Bertz CT molecular complexity index is 1120. The van der Waals surface area contributed by atoms with Gasteiger partial charge in [-0.25, -0.2) is 4.79 Å². The van der Waals surface area contributed by atoms with Crippen LogP contribution in [-0.2, 0) is 9.53 Å². The average Bonchev–Trinajstić information content (AvgIpc) is 3.07. The largest absolute Gasteiger partial charge is 0.490 e. The fourth-order valence-corrected chi connectivity index (χ4v) is 3.93. The van der Waals surface area contributed by atoms with Gasteiger partial charge >= 0.3 is 6.09 Å². The summed E-state index contributed by atoms with van der Waals surface area (Å²) < 4.78 is 10.7. The third-order valence-electron chi connectivity index (χ3n) is 5.60. The molecule has 2 aliphatic rings. The monoisotopic (exact) mass is 423 g/mol. The SMILES string of the molecule is CCN1CCOc2cc(-c3ccc(C(/C=C4\OC(=O)NC4=O)C(C)C)c(=O)[nH]3)ccc21. The number of carbonyl (C=O) groups is 2. The number of alkyl carbamates (subject to hydrolysis) is 1. The van der Waals surface area contributed by atoms with Crippen LogP contribution in [0.3, 0.4) is 0 Å². The van der Waals surface area contributed by atoms with Crippen LogP contribution in [0.25, 0.3) is 11.3 Å². The summed E-state index contributed by atoms with van der Waals surface area (Å²) in [5.74, 6) is -0.272. The number of fused-ring (bicyclic) bond motifs is 1. The smallest absolute Gasteiger partial charge is 0.419 e. The predicted molar refractivity (Wildman–Crippen MR) is 116 cm³/mol. The van der Waals surface area contributed by atoms with Crippen LogP contribution in [-0.4, -0.2) is 36.7 Å². The number of cyclic esters (lactones) is 1. The molecule has 1 fully saturated rings. The highest BCUT2D eigenvalue weighted by Gasteiger charge is 2.29. The summed E-state index contributed by atoms with van der Waals surface area (Å²) in [7, 11) is 0. The number of allylic oxidation sites excluding steroid dienone is 1. The van der Waals surface area contributed by atoms with Gasteiger partial charge in [0.15, 0.2) is 5.76 Å². The van der Waals surface area contributed by atoms with E-state index in [1.165, 1.54) is 6.08 Å². The van der Waals surface area contributed by atoms with Crippen molar-refractivity contribution < 1.29 is 19.1 Å². The van der Waals surface area contributed by atoms with Gasteiger partial charge in [0.25, 0.3) is 11.5 Å². The first-order chi connectivity index (χ1) is 14.9. The van der Waals surface area contributed by atoms with E-state index in [9.17, 15) is 14.4 Å². The molecule has 2 amide bonds. The van der Waals surface area contributed by atoms with E-state index in [4.69, 9.17) is 9.47 Å². The third-order valence-corrected chi connectivity index (χ3v) is 5.60. The molecular weight excluding hydrogens is 398 g/mol. The number of H-pyrrole nitrogens is 1. The van der Waals surface area contributed by atoms with Gasteiger partial charge in [-0.1, -0.05) is 26.0 Å². The second-order valence-electron chi connectivity index (χ2n) is 7.91. The van der Waals surface area contributed by atoms with Crippen LogP contribution in [0.2, 0.25) is 0 Å². The molecule has 1 saturated heterocycles. The molecule has 1 atom stereocenters. The minimum Gasteiger partial charge on any atom is -0.490 e. The van der Waals surface area contributed by atoms with Crippen LogP contribution in [0.4, 0.5) is 10.5 Å². The fraction of sp³-hybridized carbons (Fsp3) is 0.348. The number of anilines is 1. The van der Waals surface area contributed by atoms with Gasteiger partial charge in [-0.3, -0.25) is 14.9 Å². The van der Waals surface area contributed by atoms with Gasteiger partial charge in [-0.05, 0) is 37.1 Å². The van der Waals surface area contributed by atoms with E-state index >= 15 is 0 Å². The van der Waals surface area contributed by atoms with Gasteiger partial charge in [-0.2, -0.15) is 0 Å². The topological polar surface area (TPSA) is 101 Å². The first kappa shape index (κ1) is 20.7. The van der Waals surface area contributed by atoms with Gasteiger partial charge in [0.1, 0.15) is 12.4 Å². The Morgan fingerprint density at radius 1 is 1.16 bits per heavy atom. The number of ether oxygens (including phenoxy) is 2. The van der Waals surface area contributed by atoms with Crippen LogP contribution in [0, 0.1) is 5.92 Å². The molecule has 2 N–H and O–H groups in total. The van der Waals surface area contributed by atoms with Crippen LogP contribution < -0.4 is 20.5 Å². The number of aromatic amines is 1. The molecule has 1 unspecified atom stereocenters. The van der Waals surface area contributed by atoms with E-state index in [1.54, 1.807) is 6.07 Å². The molecule has 31 heavy (non-hydrogen) atoms. The molecular formula is C23H25N3O5. The summed E-state index contributed by atoms with van der Waals surface area (Å²) >= 11 is 0. The molecule has 8 heteroatoms. The lowest BCUT2D eigenvalue weighted by atomic mass is 9.88. The number of hydrogen-bond acceptors (Lipinski definition) is 6. The molecule has 8 nitrogen and oxygen atoms in total. The van der Waals surface area contributed by atoms with Crippen LogP contribution in [0.1, 0.15) is 32.3 Å². The number of rotatable bonds is 5. The van der Waals surface area contributed by atoms with Crippen molar-refractivity contribution in [2.45, 2.75) is 26.7 Å². The molecule has 0 spiro atoms. The van der Waals surface area contributed by atoms with E-state index < -0.39 is 17.9 Å². The van der Waals surface area contributed by atoms with Crippen LogP contribution in [0.15, 0.2) is 47.0 Å². The summed E-state index contributed by atoms with van der Waals surface area (Å²) in [6, 6.07) is 9.50. The van der Waals surface area contributed by atoms with Crippen molar-refractivity contribution in [2.24, 2.45) is 5.92 Å². The minimum atomic E-state index is -0.806. The number of nitrogens with one attached hydrogen (secondary N) is 2. The van der Waals surface area contributed by atoms with Crippen molar-refractivity contribution in [3.8, 4) is 17.0 Å². The highest BCUT2D eigenvalue weighted by Crippen LogP contribution is 2.35. The number of pyridine rings is 1. The number of amides is 2. The predicted octanol–water partition coefficient (Wildman–Crippen LogP) is 3.15. The summed E-state index contributed by atoms with van der Waals surface area (Å²) in [6.45, 7) is 8.36. The normalized spacial score (nSPS) is 17.9. The lowest BCUT2D eigenvalue weighted by Crippen LogP contribution is -2.32. The molecule has 3 heterocycles. The Balaban J connectivity index is 1.66. The lowest BCUT2D eigenvalue weighted by molar-refractivity contribution is -0.116. The quantitative estimate of drug-likeness (QED) is 0.717. The molecule has 162 valence electrons. The first-order valence-corrected chi connectivity index (χ1v) is 10.4. The lowest BCUT2D eigenvalue weighted by Gasteiger charge is -2.30. The van der Waals surface area contributed by atoms with Crippen molar-refractivity contribution in [3.63, 3.8) is 0 Å². The number of aromatic nitrogens is 1. The van der Waals surface area contributed by atoms with Gasteiger partial charge in [-0.15, -0.1) is 0 Å². The molecule has 0 aliphatic carbocycles. The van der Waals surface area contributed by atoms with Gasteiger partial charge in [0.05, 0.1) is 12.2 Å². The Kier molecular flexibility index (Phi) is 5.54. The maximum Gasteiger partial charge on any atom is 0.419 e. The standard InChI is InChI=1S/C23H25N3O5/c1-4-26-9-10-30-19-11-14(5-8-18(19)26)17-7-6-15(21(27)24-17)16(13(2)3)12-20-22(28)25-23(29)31-20/h5-8,11-13,16H,4,9-10H2,1-3H3,(H,24,27)(H,25,28,29)/b20-12-. The zero-order valence-electron chi connectivity index (χ0n) is 17.7. The zero-order valence-corrected chi connectivity index (χ0v) is 17.7. The average molecular weight is 423 g/mol. The minimum absolute atomic E-state index is 0.00345. The van der Waals surface area contributed by atoms with E-state index in [1.807, 2.05) is 38.1 Å². The molecule has 0 radical (unpaired) electrons. The molecule has 0 bridgehead atoms. The van der Waals surface area contributed by atoms with Crippen molar-refractivity contribution in [3.05, 3.63) is 58.1 Å². The first-order valence-electron chi connectivity index (χ1n) is 10.4. The van der Waals surface area contributed by atoms with Gasteiger partial charge in [0.2, 0.25) is 0 Å². The second-order valence-corrected chi connectivity index (χ2v) is 7.91. The Labute approximate surface area is 179 Å². The summed E-state index contributed by atoms with van der Waals surface area (Å²) in [5.41, 5.74) is 2.81. The maximum absolute atomic E-state index is 12.9. The number of carbonyl (C=O) groups excluding carboxylic acids is 2. The van der Waals surface area contributed by atoms with Crippen LogP contribution >= 0.6 is 0 Å². The highest BCUT2D eigenvalue weighted by molar-refractivity contribution is 6.07. The van der Waals surface area contributed by atoms with Crippen molar-refractivity contribution >= 4 is 17.7 Å². The Morgan fingerprint density at radius 3 is 2.61 bits per heavy atom. The molecule has 2 aromatic rings. The molecule has 1 aromatic carbocycles. The number of likely N-dealkylation sites (N-methyl/N-ethyl adjacent to an activating group) is 1. The number of hydrogen-bond donors (Lipinski definition) is 2. The fourth-order valence-electron chi connectivity index (χ4n) is 3.93. The Hall–Kier alpha value is -3.55. The summed E-state index contributed by atoms with van der Waals surface area (Å²) in [4.78, 5) is 41.2. The molecule has 4 rings (SSSR count). The van der Waals surface area contributed by atoms with Gasteiger partial charge in [0, 0.05) is 29.3 Å². The van der Waals surface area contributed by atoms with Crippen molar-refractivity contribution in [1.82, 2.24) is 10.3 Å². The third kappa shape index (κ3) is 4.05. The van der Waals surface area contributed by atoms with Gasteiger partial charge < -0.3 is 19.4 Å². The number of imide groups is 1. The summed E-state index contributed by atoms with van der Waals surface area (Å²) in [5, 5.41) is 2.07. The molecule has 2 aliphatic heterocycles. The van der Waals surface area contributed by atoms with E-state index in [0.29, 0.717) is 17.9 Å². The van der Waals surface area contributed by atoms with Crippen LogP contribution in [0.5, 0.6) is 5.75 Å². The zero-order chi connectivity index (χ0) is 22.1. The van der Waals surface area contributed by atoms with Crippen molar-refractivity contribution in [2.75, 3.05) is 24.6 Å². The summed E-state index contributed by atoms with van der Waals surface area (Å²) in [6.07, 6.45) is 0.723. The number of benzene rings is 1. The molecule has 1 aromatic heterocycles. The van der Waals surface area contributed by atoms with Crippen molar-refractivity contribution in [1.29, 1.82) is 0 Å². The van der Waals surface area contributed by atoms with E-state index in [2.05, 4.69) is 22.1 Å². The molecule has 0 saturated carbocycles. The maximum atomic E-state index is 12.9.